The number of nitro benzene ring substituents is 1. The van der Waals surface area contributed by atoms with Gasteiger partial charge in [0.15, 0.2) is 0 Å². The minimum Gasteiger partial charge on any atom is -0.342 e. The number of nitro groups is 1. The fraction of sp³-hybridized carbons (Fsp3) is 0.375. The lowest BCUT2D eigenvalue weighted by molar-refractivity contribution is -0.383. The fourth-order valence-corrected chi connectivity index (χ4v) is 3.13. The fourth-order valence-electron chi connectivity index (χ4n) is 3.13. The summed E-state index contributed by atoms with van der Waals surface area (Å²) in [5, 5.41) is 12.0. The maximum atomic E-state index is 11.6. The van der Waals surface area contributed by atoms with Gasteiger partial charge < -0.3 is 4.90 Å². The third-order valence-corrected chi connectivity index (χ3v) is 4.36. The van der Waals surface area contributed by atoms with Crippen LogP contribution in [0.3, 0.4) is 0 Å². The van der Waals surface area contributed by atoms with Gasteiger partial charge >= 0.3 is 0 Å². The van der Waals surface area contributed by atoms with Gasteiger partial charge in [0.25, 0.3) is 5.69 Å². The number of amides is 1. The van der Waals surface area contributed by atoms with Crippen molar-refractivity contribution in [2.75, 3.05) is 13.1 Å². The van der Waals surface area contributed by atoms with Crippen LogP contribution in [0.1, 0.15) is 23.7 Å². The van der Waals surface area contributed by atoms with Gasteiger partial charge in [-0.2, -0.15) is 0 Å². The Balaban J connectivity index is 2.17. The van der Waals surface area contributed by atoms with Gasteiger partial charge in [-0.1, -0.05) is 12.1 Å². The number of nitrogens with zero attached hydrogens (tertiary/aromatic N) is 3. The number of pyridine rings is 1. The molecule has 0 saturated heterocycles. The van der Waals surface area contributed by atoms with E-state index in [1.165, 1.54) is 6.07 Å². The predicted molar refractivity (Wildman–Crippen MR) is 82.8 cm³/mol. The first-order valence-corrected chi connectivity index (χ1v) is 7.30. The topological polar surface area (TPSA) is 76.3 Å². The first-order chi connectivity index (χ1) is 10.5. The van der Waals surface area contributed by atoms with E-state index >= 15 is 0 Å². The lowest BCUT2D eigenvalue weighted by Gasteiger charge is -2.17. The van der Waals surface area contributed by atoms with Crippen LogP contribution < -0.4 is 0 Å². The molecule has 2 heterocycles. The maximum Gasteiger partial charge on any atom is 0.295 e. The lowest BCUT2D eigenvalue weighted by atomic mass is 9.98. The maximum absolute atomic E-state index is 11.6. The molecule has 3 rings (SSSR count). The van der Waals surface area contributed by atoms with Crippen molar-refractivity contribution in [3.05, 3.63) is 45.1 Å². The van der Waals surface area contributed by atoms with Crippen molar-refractivity contribution in [1.29, 1.82) is 0 Å². The summed E-state index contributed by atoms with van der Waals surface area (Å²) in [6, 6.07) is 5.05. The molecule has 0 fully saturated rings. The predicted octanol–water partition coefficient (Wildman–Crippen LogP) is 2.40. The zero-order chi connectivity index (χ0) is 15.9. The van der Waals surface area contributed by atoms with Crippen molar-refractivity contribution in [3.8, 4) is 0 Å². The first kappa shape index (κ1) is 14.4. The number of aromatic nitrogens is 1. The molecule has 6 nitrogen and oxygen atoms in total. The zero-order valence-corrected chi connectivity index (χ0v) is 12.6. The van der Waals surface area contributed by atoms with Crippen LogP contribution in [-0.2, 0) is 17.6 Å². The molecular formula is C16H17N3O3. The summed E-state index contributed by atoms with van der Waals surface area (Å²) in [4.78, 5) is 28.8. The van der Waals surface area contributed by atoms with Gasteiger partial charge in [-0.3, -0.25) is 14.9 Å². The molecule has 22 heavy (non-hydrogen) atoms. The molecule has 1 aromatic heterocycles. The van der Waals surface area contributed by atoms with Gasteiger partial charge in [0.1, 0.15) is 5.52 Å². The summed E-state index contributed by atoms with van der Waals surface area (Å²) in [5.41, 5.74) is 3.52. The number of hydrogen-bond donors (Lipinski definition) is 0. The van der Waals surface area contributed by atoms with E-state index in [4.69, 9.17) is 0 Å². The Morgan fingerprint density at radius 1 is 1.32 bits per heavy atom. The number of aryl methyl sites for hydroxylation is 1. The van der Waals surface area contributed by atoms with E-state index in [2.05, 4.69) is 4.98 Å². The Morgan fingerprint density at radius 3 is 2.73 bits per heavy atom. The van der Waals surface area contributed by atoms with Gasteiger partial charge in [0, 0.05) is 43.6 Å². The quantitative estimate of drug-likeness (QED) is 0.598. The summed E-state index contributed by atoms with van der Waals surface area (Å²) >= 11 is 0. The zero-order valence-electron chi connectivity index (χ0n) is 12.6. The second-order valence-corrected chi connectivity index (χ2v) is 5.60. The second kappa shape index (κ2) is 5.36. The number of para-hydroxylation sites is 1. The van der Waals surface area contributed by atoms with E-state index in [1.54, 1.807) is 17.9 Å². The molecule has 0 atom stereocenters. The van der Waals surface area contributed by atoms with Crippen molar-refractivity contribution < 1.29 is 9.72 Å². The minimum absolute atomic E-state index is 0.0380. The Bertz CT molecular complexity index is 786. The van der Waals surface area contributed by atoms with Gasteiger partial charge in [-0.05, 0) is 24.5 Å². The second-order valence-electron chi connectivity index (χ2n) is 5.60. The lowest BCUT2D eigenvalue weighted by Crippen LogP contribution is -2.31. The molecule has 1 aliphatic rings. The highest BCUT2D eigenvalue weighted by atomic mass is 16.6. The molecule has 114 valence electrons. The summed E-state index contributed by atoms with van der Waals surface area (Å²) in [5.74, 6) is 0.0565. The number of carbonyl (C=O) groups is 1. The van der Waals surface area contributed by atoms with Crippen LogP contribution in [0.5, 0.6) is 0 Å². The van der Waals surface area contributed by atoms with Crippen LogP contribution in [-0.4, -0.2) is 33.8 Å². The molecule has 1 aliphatic heterocycles. The van der Waals surface area contributed by atoms with Crippen LogP contribution in [0, 0.1) is 17.0 Å². The molecule has 0 N–H and O–H groups in total. The number of hydrogen-bond acceptors (Lipinski definition) is 4. The highest BCUT2D eigenvalue weighted by Gasteiger charge is 2.22. The number of non-ortho nitro benzene ring substituents is 1. The number of benzene rings is 1. The highest BCUT2D eigenvalue weighted by Crippen LogP contribution is 2.30. The third kappa shape index (κ3) is 2.30. The molecule has 0 saturated carbocycles. The van der Waals surface area contributed by atoms with Crippen molar-refractivity contribution in [3.63, 3.8) is 0 Å². The Labute approximate surface area is 127 Å². The third-order valence-electron chi connectivity index (χ3n) is 4.36. The van der Waals surface area contributed by atoms with Crippen LogP contribution in [0.4, 0.5) is 5.69 Å². The van der Waals surface area contributed by atoms with Crippen molar-refractivity contribution in [2.24, 2.45) is 0 Å². The molecule has 0 unspecified atom stereocenters. The standard InChI is InChI=1S/C16H17N3O3/c1-10-12-6-8-18(11(2)20)9-7-14(12)17-16-13(10)4-3-5-15(16)19(21)22/h3-5H,6-9H2,1-2H3. The summed E-state index contributed by atoms with van der Waals surface area (Å²) in [7, 11) is 0. The van der Waals surface area contributed by atoms with Crippen molar-refractivity contribution in [2.45, 2.75) is 26.7 Å². The van der Waals surface area contributed by atoms with Gasteiger partial charge in [0.05, 0.1) is 4.92 Å². The Kier molecular flexibility index (Phi) is 3.52. The van der Waals surface area contributed by atoms with E-state index in [-0.39, 0.29) is 16.5 Å². The van der Waals surface area contributed by atoms with Crippen LogP contribution in [0.25, 0.3) is 10.9 Å². The molecule has 1 amide bonds. The van der Waals surface area contributed by atoms with Crippen molar-refractivity contribution in [1.82, 2.24) is 9.88 Å². The van der Waals surface area contributed by atoms with Crippen LogP contribution in [0.2, 0.25) is 0 Å². The average Bonchev–Trinajstić information content (AvgIpc) is 2.69. The number of fused-ring (bicyclic) bond motifs is 2. The molecule has 0 radical (unpaired) electrons. The summed E-state index contributed by atoms with van der Waals surface area (Å²) in [6.45, 7) is 4.83. The van der Waals surface area contributed by atoms with E-state index in [0.717, 1.165) is 28.6 Å². The molecular weight excluding hydrogens is 282 g/mol. The van der Waals surface area contributed by atoms with Gasteiger partial charge in [-0.15, -0.1) is 0 Å². The van der Waals surface area contributed by atoms with E-state index in [0.29, 0.717) is 25.0 Å². The highest BCUT2D eigenvalue weighted by molar-refractivity contribution is 5.90. The molecule has 0 bridgehead atoms. The average molecular weight is 299 g/mol. The smallest absolute Gasteiger partial charge is 0.295 e. The SMILES string of the molecule is CC(=O)N1CCc2nc3c([N+](=O)[O-])cccc3c(C)c2CC1. The normalized spacial score (nSPS) is 14.5. The molecule has 6 heteroatoms. The van der Waals surface area contributed by atoms with Crippen LogP contribution in [0.15, 0.2) is 18.2 Å². The van der Waals surface area contributed by atoms with E-state index < -0.39 is 0 Å². The Hall–Kier alpha value is -2.50. The Morgan fingerprint density at radius 2 is 2.05 bits per heavy atom. The summed E-state index contributed by atoms with van der Waals surface area (Å²) < 4.78 is 0. The number of rotatable bonds is 1. The first-order valence-electron chi connectivity index (χ1n) is 7.30. The monoisotopic (exact) mass is 299 g/mol. The molecule has 2 aromatic rings. The van der Waals surface area contributed by atoms with Crippen molar-refractivity contribution >= 4 is 22.5 Å². The van der Waals surface area contributed by atoms with Crippen LogP contribution >= 0.6 is 0 Å². The van der Waals surface area contributed by atoms with Gasteiger partial charge in [-0.25, -0.2) is 4.98 Å². The van der Waals surface area contributed by atoms with Gasteiger partial charge in [0.2, 0.25) is 5.91 Å². The van der Waals surface area contributed by atoms with E-state index in [1.807, 2.05) is 13.0 Å². The largest absolute Gasteiger partial charge is 0.342 e. The number of carbonyl (C=O) groups excluding carboxylic acids is 1. The molecule has 0 aliphatic carbocycles. The molecule has 1 aromatic carbocycles. The van der Waals surface area contributed by atoms with E-state index in [9.17, 15) is 14.9 Å². The molecule has 0 spiro atoms. The minimum atomic E-state index is -0.389. The summed E-state index contributed by atoms with van der Waals surface area (Å²) in [6.07, 6.45) is 1.38.